The molecule has 2 aromatic heterocycles. The molecule has 1 aliphatic rings. The topological polar surface area (TPSA) is 93.2 Å². The Morgan fingerprint density at radius 2 is 1.88 bits per heavy atom. The molecule has 0 bridgehead atoms. The van der Waals surface area contributed by atoms with E-state index in [2.05, 4.69) is 20.5 Å². The maximum atomic E-state index is 12.9. The van der Waals surface area contributed by atoms with E-state index >= 15 is 0 Å². The van der Waals surface area contributed by atoms with E-state index in [1.165, 1.54) is 0 Å². The van der Waals surface area contributed by atoms with Crippen molar-refractivity contribution >= 4 is 11.6 Å². The first-order valence-corrected chi connectivity index (χ1v) is 10.5. The molecule has 3 heterocycles. The number of hydrogen-bond acceptors (Lipinski definition) is 7. The molecule has 1 saturated heterocycles. The molecule has 0 radical (unpaired) electrons. The minimum Gasteiger partial charge on any atom is -0.378 e. The lowest BCUT2D eigenvalue weighted by Crippen LogP contribution is -2.29. The van der Waals surface area contributed by atoms with Crippen molar-refractivity contribution in [2.75, 3.05) is 32.1 Å². The number of benzene rings is 2. The smallest absolute Gasteiger partial charge is 0.280 e. The number of amides is 1. The Labute approximate surface area is 185 Å². The van der Waals surface area contributed by atoms with E-state index in [0.717, 1.165) is 17.7 Å². The number of hydrogen-bond donors (Lipinski definition) is 0. The van der Waals surface area contributed by atoms with Crippen LogP contribution in [0.1, 0.15) is 22.8 Å². The molecule has 1 amide bonds. The highest BCUT2D eigenvalue weighted by Crippen LogP contribution is 2.26. The monoisotopic (exact) mass is 429 g/mol. The van der Waals surface area contributed by atoms with Crippen LogP contribution < -0.4 is 4.90 Å². The van der Waals surface area contributed by atoms with Crippen molar-refractivity contribution in [3.8, 4) is 23.0 Å². The van der Waals surface area contributed by atoms with Crippen LogP contribution in [-0.2, 0) is 0 Å². The minimum atomic E-state index is 0.0301. The first-order valence-electron chi connectivity index (χ1n) is 10.5. The van der Waals surface area contributed by atoms with E-state index in [9.17, 15) is 4.79 Å². The minimum absolute atomic E-state index is 0.0301. The third-order valence-electron chi connectivity index (χ3n) is 5.64. The lowest BCUT2D eigenvalue weighted by Gasteiger charge is -2.17. The maximum Gasteiger partial charge on any atom is 0.280 e. The molecule has 2 aromatic carbocycles. The largest absolute Gasteiger partial charge is 0.378 e. The highest BCUT2D eigenvalue weighted by atomic mass is 16.5. The average molecular weight is 429 g/mol. The summed E-state index contributed by atoms with van der Waals surface area (Å²) in [6.07, 6.45) is 2.61. The molecule has 4 aromatic rings. The van der Waals surface area contributed by atoms with E-state index in [4.69, 9.17) is 4.52 Å². The second-order valence-corrected chi connectivity index (χ2v) is 8.01. The summed E-state index contributed by atoms with van der Waals surface area (Å²) >= 11 is 0. The van der Waals surface area contributed by atoms with Gasteiger partial charge in [0.25, 0.3) is 11.8 Å². The van der Waals surface area contributed by atoms with Gasteiger partial charge < -0.3 is 14.3 Å². The van der Waals surface area contributed by atoms with Crippen LogP contribution in [0.2, 0.25) is 0 Å². The summed E-state index contributed by atoms with van der Waals surface area (Å²) < 4.78 is 7.16. The molecule has 9 heteroatoms. The van der Waals surface area contributed by atoms with Gasteiger partial charge in [0.1, 0.15) is 0 Å². The highest BCUT2D eigenvalue weighted by molar-refractivity contribution is 5.94. The van der Waals surface area contributed by atoms with Gasteiger partial charge in [0, 0.05) is 44.0 Å². The zero-order valence-electron chi connectivity index (χ0n) is 17.9. The van der Waals surface area contributed by atoms with E-state index in [1.54, 1.807) is 10.9 Å². The van der Waals surface area contributed by atoms with Crippen molar-refractivity contribution in [1.29, 1.82) is 0 Å². The van der Waals surface area contributed by atoms with Crippen molar-refractivity contribution in [3.63, 3.8) is 0 Å². The second-order valence-electron chi connectivity index (χ2n) is 8.01. The Morgan fingerprint density at radius 3 is 2.62 bits per heavy atom. The number of nitrogens with zero attached hydrogens (tertiary/aromatic N) is 7. The Balaban J connectivity index is 1.26. The van der Waals surface area contributed by atoms with Gasteiger partial charge in [0.15, 0.2) is 5.69 Å². The molecule has 5 rings (SSSR count). The summed E-state index contributed by atoms with van der Waals surface area (Å²) in [6, 6.07) is 17.3. The van der Waals surface area contributed by atoms with E-state index in [-0.39, 0.29) is 11.9 Å². The van der Waals surface area contributed by atoms with E-state index in [0.29, 0.717) is 36.1 Å². The van der Waals surface area contributed by atoms with Gasteiger partial charge in [0.2, 0.25) is 5.82 Å². The quantitative estimate of drug-likeness (QED) is 0.481. The van der Waals surface area contributed by atoms with Crippen LogP contribution in [0.15, 0.2) is 65.3 Å². The first-order chi connectivity index (χ1) is 15.6. The Bertz CT molecular complexity index is 1210. The highest BCUT2D eigenvalue weighted by Gasteiger charge is 2.29. The maximum absolute atomic E-state index is 12.9. The summed E-state index contributed by atoms with van der Waals surface area (Å²) in [4.78, 5) is 21.2. The van der Waals surface area contributed by atoms with Crippen molar-refractivity contribution in [2.24, 2.45) is 0 Å². The van der Waals surface area contributed by atoms with Gasteiger partial charge in [-0.1, -0.05) is 40.7 Å². The molecule has 1 atom stereocenters. The summed E-state index contributed by atoms with van der Waals surface area (Å²) in [5.74, 6) is 0.859. The number of anilines is 1. The van der Waals surface area contributed by atoms with Gasteiger partial charge in [-0.25, -0.2) is 4.68 Å². The van der Waals surface area contributed by atoms with Crippen LogP contribution in [0, 0.1) is 0 Å². The summed E-state index contributed by atoms with van der Waals surface area (Å²) in [7, 11) is 3.95. The van der Waals surface area contributed by atoms with Crippen LogP contribution in [-0.4, -0.2) is 63.1 Å². The zero-order valence-corrected chi connectivity index (χ0v) is 17.9. The molecule has 0 N–H and O–H groups in total. The molecule has 9 nitrogen and oxygen atoms in total. The number of carbonyl (C=O) groups is 1. The SMILES string of the molecule is CN(C)c1ccc(C(=O)N2CC[C@@H](n3cc(-c4nc(-c5ccccc5)no4)nn3)C2)cc1. The van der Waals surface area contributed by atoms with Crippen LogP contribution in [0.25, 0.3) is 23.0 Å². The van der Waals surface area contributed by atoms with Gasteiger partial charge in [-0.2, -0.15) is 4.98 Å². The van der Waals surface area contributed by atoms with Crippen LogP contribution in [0.5, 0.6) is 0 Å². The van der Waals surface area contributed by atoms with E-state index in [1.807, 2.05) is 78.5 Å². The Hall–Kier alpha value is -4.01. The fourth-order valence-corrected chi connectivity index (χ4v) is 3.81. The second kappa shape index (κ2) is 8.26. The normalized spacial score (nSPS) is 15.8. The van der Waals surface area contributed by atoms with Crippen LogP contribution >= 0.6 is 0 Å². The third kappa shape index (κ3) is 3.84. The van der Waals surface area contributed by atoms with E-state index < -0.39 is 0 Å². The Kier molecular flexibility index (Phi) is 5.14. The molecule has 0 saturated carbocycles. The molecule has 32 heavy (non-hydrogen) atoms. The number of rotatable bonds is 5. The molecule has 1 aliphatic heterocycles. The molecular weight excluding hydrogens is 406 g/mol. The fourth-order valence-electron chi connectivity index (χ4n) is 3.81. The molecule has 1 fully saturated rings. The third-order valence-corrected chi connectivity index (χ3v) is 5.64. The van der Waals surface area contributed by atoms with Gasteiger partial charge in [0.05, 0.1) is 12.2 Å². The van der Waals surface area contributed by atoms with Gasteiger partial charge >= 0.3 is 0 Å². The molecule has 0 unspecified atom stereocenters. The van der Waals surface area contributed by atoms with Crippen molar-refractivity contribution in [1.82, 2.24) is 30.0 Å². The van der Waals surface area contributed by atoms with Crippen LogP contribution in [0.4, 0.5) is 5.69 Å². The fraction of sp³-hybridized carbons (Fsp3) is 0.261. The first kappa shape index (κ1) is 19.9. The average Bonchev–Trinajstić information content (AvgIpc) is 3.59. The molecule has 0 spiro atoms. The summed E-state index contributed by atoms with van der Waals surface area (Å²) in [6.45, 7) is 1.25. The zero-order chi connectivity index (χ0) is 22.1. The lowest BCUT2D eigenvalue weighted by molar-refractivity contribution is 0.0787. The Morgan fingerprint density at radius 1 is 1.09 bits per heavy atom. The molecule has 162 valence electrons. The van der Waals surface area contributed by atoms with Gasteiger partial charge in [-0.15, -0.1) is 5.10 Å². The number of carbonyl (C=O) groups excluding carboxylic acids is 1. The standard InChI is InChI=1S/C23H23N7O2/c1-28(2)18-10-8-17(9-11-18)23(31)29-13-12-19(14-29)30-15-20(25-27-30)22-24-21(26-32-22)16-6-4-3-5-7-16/h3-11,15,19H,12-14H2,1-2H3/t19-/m1/s1. The van der Waals surface area contributed by atoms with Crippen molar-refractivity contribution in [3.05, 3.63) is 66.4 Å². The molecular formula is C23H23N7O2. The van der Waals surface area contributed by atoms with Gasteiger partial charge in [-0.3, -0.25) is 4.79 Å². The summed E-state index contributed by atoms with van der Waals surface area (Å²) in [5.41, 5.74) is 3.14. The number of aromatic nitrogens is 5. The van der Waals surface area contributed by atoms with Crippen LogP contribution in [0.3, 0.4) is 0 Å². The van der Waals surface area contributed by atoms with Crippen molar-refractivity contribution < 1.29 is 9.32 Å². The molecule has 0 aliphatic carbocycles. The van der Waals surface area contributed by atoms with Gasteiger partial charge in [-0.05, 0) is 30.7 Å². The predicted octanol–water partition coefficient (Wildman–Crippen LogP) is 3.15. The lowest BCUT2D eigenvalue weighted by atomic mass is 10.2. The predicted molar refractivity (Wildman–Crippen MR) is 119 cm³/mol. The van der Waals surface area contributed by atoms with Crippen molar-refractivity contribution in [2.45, 2.75) is 12.5 Å². The number of likely N-dealkylation sites (tertiary alicyclic amines) is 1. The summed E-state index contributed by atoms with van der Waals surface area (Å²) in [5, 5.41) is 12.5.